The number of hydrogen-bond acceptors (Lipinski definition) is 7. The van der Waals surface area contributed by atoms with Gasteiger partial charge in [0, 0.05) is 4.92 Å². The Balaban J connectivity index is 2.24. The van der Waals surface area contributed by atoms with Crippen molar-refractivity contribution in [1.82, 2.24) is 0 Å². The predicted octanol–water partition coefficient (Wildman–Crippen LogP) is 2.78. The van der Waals surface area contributed by atoms with E-state index in [1.165, 1.54) is 18.0 Å². The van der Waals surface area contributed by atoms with Crippen LogP contribution in [0.1, 0.15) is 19.4 Å². The van der Waals surface area contributed by atoms with Gasteiger partial charge in [0.2, 0.25) is 12.6 Å². The minimum atomic E-state index is -1.51. The third-order valence-corrected chi connectivity index (χ3v) is 5.15. The lowest BCUT2D eigenvalue weighted by molar-refractivity contribution is -0.556. The lowest BCUT2D eigenvalue weighted by Crippen LogP contribution is -2.46. The van der Waals surface area contributed by atoms with E-state index < -0.39 is 10.8 Å². The lowest BCUT2D eigenvalue weighted by atomic mass is 9.91. The quantitative estimate of drug-likeness (QED) is 0.377. The molecule has 2 atom stereocenters. The summed E-state index contributed by atoms with van der Waals surface area (Å²) in [6, 6.07) is 9.16. The monoisotopic (exact) mass is 367 g/mol. The Morgan fingerprint density at radius 1 is 1.44 bits per heavy atom. The molecule has 2 rings (SSSR count). The number of hydrogen-bond donors (Lipinski definition) is 0. The number of ether oxygens (including phenoxy) is 3. The van der Waals surface area contributed by atoms with Crippen LogP contribution in [0.15, 0.2) is 42.4 Å². The third-order valence-electron chi connectivity index (χ3n) is 3.81. The number of benzene rings is 1. The van der Waals surface area contributed by atoms with Crippen LogP contribution in [0, 0.1) is 10.1 Å². The molecule has 0 fully saturated rings. The highest BCUT2D eigenvalue weighted by Gasteiger charge is 2.51. The molecular formula is C17H21NO6S. The molecule has 7 nitrogen and oxygen atoms in total. The standard InChI is InChI=1S/C17H21NO6S/c1-3-23-16(19)13(2)25-11-17(18(20)21,15-10-22-12-24-15)9-14-7-5-4-6-8-14/h4-8,10,13H,3,9,11-12H2,1-2H3. The minimum Gasteiger partial charge on any atom is -0.465 e. The molecule has 0 amide bonds. The second-order valence-corrected chi connectivity index (χ2v) is 6.90. The van der Waals surface area contributed by atoms with E-state index in [1.54, 1.807) is 13.8 Å². The van der Waals surface area contributed by atoms with Gasteiger partial charge in [-0.1, -0.05) is 30.3 Å². The summed E-state index contributed by atoms with van der Waals surface area (Å²) >= 11 is 1.17. The number of carbonyl (C=O) groups is 1. The van der Waals surface area contributed by atoms with Crippen LogP contribution < -0.4 is 0 Å². The van der Waals surface area contributed by atoms with Gasteiger partial charge in [-0.3, -0.25) is 14.9 Å². The van der Waals surface area contributed by atoms with Gasteiger partial charge in [0.05, 0.1) is 24.0 Å². The molecule has 1 aromatic carbocycles. The van der Waals surface area contributed by atoms with Crippen molar-refractivity contribution >= 4 is 17.7 Å². The Hall–Kier alpha value is -2.22. The molecule has 2 unspecified atom stereocenters. The summed E-state index contributed by atoms with van der Waals surface area (Å²) in [7, 11) is 0. The van der Waals surface area contributed by atoms with E-state index in [1.807, 2.05) is 30.3 Å². The van der Waals surface area contributed by atoms with Crippen LogP contribution in [0.2, 0.25) is 0 Å². The second kappa shape index (κ2) is 8.75. The maximum Gasteiger partial charge on any atom is 0.318 e. The van der Waals surface area contributed by atoms with E-state index in [9.17, 15) is 14.9 Å². The van der Waals surface area contributed by atoms with Crippen LogP contribution in [0.5, 0.6) is 0 Å². The van der Waals surface area contributed by atoms with Crippen molar-refractivity contribution in [3.05, 3.63) is 58.0 Å². The van der Waals surface area contributed by atoms with Crippen LogP contribution in [-0.2, 0) is 25.4 Å². The average Bonchev–Trinajstić information content (AvgIpc) is 3.14. The van der Waals surface area contributed by atoms with E-state index in [4.69, 9.17) is 14.2 Å². The molecule has 25 heavy (non-hydrogen) atoms. The number of carbonyl (C=O) groups excluding carboxylic acids is 1. The van der Waals surface area contributed by atoms with Gasteiger partial charge in [-0.05, 0) is 19.4 Å². The number of esters is 1. The van der Waals surface area contributed by atoms with E-state index in [-0.39, 0.29) is 42.2 Å². The van der Waals surface area contributed by atoms with Crippen LogP contribution in [0.4, 0.5) is 0 Å². The lowest BCUT2D eigenvalue weighted by Gasteiger charge is -2.25. The first kappa shape index (κ1) is 19.1. The molecule has 0 bridgehead atoms. The van der Waals surface area contributed by atoms with Crippen molar-refractivity contribution in [1.29, 1.82) is 0 Å². The Morgan fingerprint density at radius 2 is 2.16 bits per heavy atom. The zero-order valence-electron chi connectivity index (χ0n) is 14.2. The predicted molar refractivity (Wildman–Crippen MR) is 93.5 cm³/mol. The molecule has 1 heterocycles. The number of thioether (sulfide) groups is 1. The Kier molecular flexibility index (Phi) is 6.69. The van der Waals surface area contributed by atoms with Crippen molar-refractivity contribution in [2.75, 3.05) is 19.2 Å². The maximum atomic E-state index is 12.0. The van der Waals surface area contributed by atoms with Gasteiger partial charge in [-0.25, -0.2) is 0 Å². The molecule has 1 aliphatic heterocycles. The topological polar surface area (TPSA) is 87.9 Å². The van der Waals surface area contributed by atoms with Gasteiger partial charge < -0.3 is 14.2 Å². The molecular weight excluding hydrogens is 346 g/mol. The van der Waals surface area contributed by atoms with Gasteiger partial charge in [0.25, 0.3) is 5.54 Å². The van der Waals surface area contributed by atoms with Crippen LogP contribution in [-0.4, -0.2) is 40.8 Å². The van der Waals surface area contributed by atoms with E-state index in [0.29, 0.717) is 0 Å². The van der Waals surface area contributed by atoms with Crippen LogP contribution >= 0.6 is 11.8 Å². The summed E-state index contributed by atoms with van der Waals surface area (Å²) in [5, 5.41) is 11.5. The largest absolute Gasteiger partial charge is 0.465 e. The molecule has 0 radical (unpaired) electrons. The SMILES string of the molecule is CCOC(=O)C(C)SCC(Cc1ccccc1)(C1=COCO1)[N+](=O)[O-]. The molecule has 0 aromatic heterocycles. The zero-order valence-corrected chi connectivity index (χ0v) is 15.0. The van der Waals surface area contributed by atoms with E-state index in [0.717, 1.165) is 5.56 Å². The Labute approximate surface area is 150 Å². The van der Waals surface area contributed by atoms with Gasteiger partial charge in [0.1, 0.15) is 6.26 Å². The Morgan fingerprint density at radius 3 is 2.72 bits per heavy atom. The first-order valence-electron chi connectivity index (χ1n) is 7.91. The first-order chi connectivity index (χ1) is 12.0. The highest BCUT2D eigenvalue weighted by Crippen LogP contribution is 2.34. The maximum absolute atomic E-state index is 12.0. The number of nitrogens with zero attached hydrogens (tertiary/aromatic N) is 1. The van der Waals surface area contributed by atoms with Crippen molar-refractivity contribution in [2.45, 2.75) is 31.1 Å². The molecule has 0 N–H and O–H groups in total. The highest BCUT2D eigenvalue weighted by atomic mass is 32.2. The minimum absolute atomic E-state index is 0.0438. The van der Waals surface area contributed by atoms with Gasteiger partial charge >= 0.3 is 5.97 Å². The van der Waals surface area contributed by atoms with Gasteiger partial charge in [-0.15, -0.1) is 11.8 Å². The van der Waals surface area contributed by atoms with Crippen molar-refractivity contribution in [3.8, 4) is 0 Å². The molecule has 0 saturated carbocycles. The van der Waals surface area contributed by atoms with E-state index >= 15 is 0 Å². The second-order valence-electron chi connectivity index (χ2n) is 5.57. The fraction of sp³-hybridized carbons (Fsp3) is 0.471. The van der Waals surface area contributed by atoms with Crippen LogP contribution in [0.3, 0.4) is 0 Å². The molecule has 136 valence electrons. The van der Waals surface area contributed by atoms with Gasteiger partial charge in [-0.2, -0.15) is 0 Å². The number of nitro groups is 1. The Bertz CT molecular complexity index is 635. The van der Waals surface area contributed by atoms with Crippen molar-refractivity contribution in [3.63, 3.8) is 0 Å². The van der Waals surface area contributed by atoms with E-state index in [2.05, 4.69) is 0 Å². The number of rotatable bonds is 9. The van der Waals surface area contributed by atoms with Crippen molar-refractivity contribution in [2.24, 2.45) is 0 Å². The molecule has 1 aliphatic rings. The van der Waals surface area contributed by atoms with Gasteiger partial charge in [0.15, 0.2) is 0 Å². The molecule has 0 saturated heterocycles. The first-order valence-corrected chi connectivity index (χ1v) is 8.96. The summed E-state index contributed by atoms with van der Waals surface area (Å²) in [6.45, 7) is 3.63. The molecule has 0 spiro atoms. The summed E-state index contributed by atoms with van der Waals surface area (Å²) in [5.74, 6) is -0.156. The summed E-state index contributed by atoms with van der Waals surface area (Å²) < 4.78 is 15.4. The average molecular weight is 367 g/mol. The fourth-order valence-corrected chi connectivity index (χ4v) is 3.51. The molecule has 0 aliphatic carbocycles. The fourth-order valence-electron chi connectivity index (χ4n) is 2.43. The highest BCUT2D eigenvalue weighted by molar-refractivity contribution is 8.00. The third kappa shape index (κ3) is 4.66. The van der Waals surface area contributed by atoms with Crippen molar-refractivity contribution < 1.29 is 23.9 Å². The normalized spacial score (nSPS) is 16.8. The molecule has 1 aromatic rings. The molecule has 8 heteroatoms. The summed E-state index contributed by atoms with van der Waals surface area (Å²) in [4.78, 5) is 23.5. The van der Waals surface area contributed by atoms with Crippen LogP contribution in [0.25, 0.3) is 0 Å². The smallest absolute Gasteiger partial charge is 0.318 e. The summed E-state index contributed by atoms with van der Waals surface area (Å²) in [5.41, 5.74) is -0.705. The summed E-state index contributed by atoms with van der Waals surface area (Å²) in [6.07, 6.45) is 1.43. The zero-order chi connectivity index (χ0) is 18.3.